The van der Waals surface area contributed by atoms with E-state index < -0.39 is 10.9 Å². The van der Waals surface area contributed by atoms with Crippen LogP contribution in [0.4, 0.5) is 11.4 Å². The molecule has 8 heteroatoms. The normalized spacial score (nSPS) is 11.0. The van der Waals surface area contributed by atoms with Gasteiger partial charge in [0.25, 0.3) is 5.69 Å². The minimum Gasteiger partial charge on any atom is -0.479 e. The summed E-state index contributed by atoms with van der Waals surface area (Å²) in [5.41, 5.74) is 0.771. The smallest absolute Gasteiger partial charge is 0.312 e. The van der Waals surface area contributed by atoms with Gasteiger partial charge in [-0.25, -0.2) is 9.98 Å². The number of hydrogen-bond donors (Lipinski definition) is 1. The molecule has 2 aromatic carbocycles. The number of nitrogens with zero attached hydrogens (tertiary/aromatic N) is 3. The highest BCUT2D eigenvalue weighted by atomic mass is 79.9. The Hall–Kier alpha value is -3.00. The number of halogens is 1. The van der Waals surface area contributed by atoms with E-state index in [0.717, 1.165) is 4.47 Å². The van der Waals surface area contributed by atoms with Gasteiger partial charge in [0.2, 0.25) is 5.89 Å². The van der Waals surface area contributed by atoms with E-state index in [1.807, 2.05) is 18.2 Å². The van der Waals surface area contributed by atoms with E-state index in [1.165, 1.54) is 18.3 Å². The average Bonchev–Trinajstić information content (AvgIpc) is 2.94. The van der Waals surface area contributed by atoms with Crippen LogP contribution in [0.1, 0.15) is 5.69 Å². The van der Waals surface area contributed by atoms with E-state index in [-0.39, 0.29) is 23.0 Å². The van der Waals surface area contributed by atoms with Crippen LogP contribution in [-0.2, 0) is 0 Å². The number of benzene rings is 2. The summed E-state index contributed by atoms with van der Waals surface area (Å²) in [6.45, 7) is 0. The molecule has 1 N–H and O–H groups in total. The van der Waals surface area contributed by atoms with Gasteiger partial charge in [0, 0.05) is 10.5 Å². The van der Waals surface area contributed by atoms with E-state index in [9.17, 15) is 15.2 Å². The fraction of sp³-hybridized carbons (Fsp3) is 0. The highest BCUT2D eigenvalue weighted by molar-refractivity contribution is 9.10. The first-order chi connectivity index (χ1) is 11.6. The summed E-state index contributed by atoms with van der Waals surface area (Å²) in [7, 11) is 0. The van der Waals surface area contributed by atoms with Crippen molar-refractivity contribution in [3.05, 3.63) is 68.8 Å². The molecule has 0 saturated carbocycles. The Balaban J connectivity index is 1.95. The molecule has 7 nitrogen and oxygen atoms in total. The number of oxazole rings is 1. The van der Waals surface area contributed by atoms with Gasteiger partial charge in [0.05, 0.1) is 16.7 Å². The van der Waals surface area contributed by atoms with E-state index in [4.69, 9.17) is 4.42 Å². The monoisotopic (exact) mass is 387 g/mol. The zero-order valence-corrected chi connectivity index (χ0v) is 13.7. The summed E-state index contributed by atoms with van der Waals surface area (Å²) >= 11 is 3.38. The van der Waals surface area contributed by atoms with Crippen LogP contribution >= 0.6 is 15.9 Å². The Kier molecular flexibility index (Phi) is 4.39. The third kappa shape index (κ3) is 3.18. The average molecular weight is 388 g/mol. The van der Waals surface area contributed by atoms with Crippen molar-refractivity contribution in [1.29, 1.82) is 0 Å². The van der Waals surface area contributed by atoms with Crippen LogP contribution in [0.2, 0.25) is 0 Å². The second-order valence-corrected chi connectivity index (χ2v) is 5.55. The summed E-state index contributed by atoms with van der Waals surface area (Å²) in [5, 5.41) is 20.8. The molecule has 1 heterocycles. The summed E-state index contributed by atoms with van der Waals surface area (Å²) in [5.74, 6) is -0.202. The Morgan fingerprint density at radius 3 is 2.67 bits per heavy atom. The third-order valence-corrected chi connectivity index (χ3v) is 3.83. The lowest BCUT2D eigenvalue weighted by atomic mass is 10.2. The number of aromatic nitrogens is 1. The molecule has 0 radical (unpaired) electrons. The van der Waals surface area contributed by atoms with Crippen molar-refractivity contribution in [2.75, 3.05) is 0 Å². The fourth-order valence-electron chi connectivity index (χ4n) is 2.02. The number of rotatable bonds is 4. The molecule has 1 aromatic heterocycles. The number of hydrogen-bond acceptors (Lipinski definition) is 6. The van der Waals surface area contributed by atoms with Crippen molar-refractivity contribution in [2.45, 2.75) is 0 Å². The standard InChI is InChI=1S/C16H10BrN3O4/c17-11-6-2-1-5-10(11)15-19-13(16(21)24-15)9-18-12-7-3-4-8-14(12)20(22)23/h1-9,21H. The van der Waals surface area contributed by atoms with Crippen LogP contribution in [0, 0.1) is 10.1 Å². The van der Waals surface area contributed by atoms with Crippen molar-refractivity contribution in [3.63, 3.8) is 0 Å². The molecule has 3 rings (SSSR count). The van der Waals surface area contributed by atoms with Crippen LogP contribution in [0.25, 0.3) is 11.5 Å². The number of nitro benzene ring substituents is 1. The molecular formula is C16H10BrN3O4. The maximum absolute atomic E-state index is 11.0. The molecule has 0 atom stereocenters. The molecule has 0 saturated heterocycles. The van der Waals surface area contributed by atoms with Crippen LogP contribution in [0.3, 0.4) is 0 Å². The maximum atomic E-state index is 11.0. The molecular weight excluding hydrogens is 378 g/mol. The van der Waals surface area contributed by atoms with Crippen LogP contribution in [0.15, 0.2) is 62.4 Å². The second kappa shape index (κ2) is 6.63. The zero-order chi connectivity index (χ0) is 17.1. The predicted molar refractivity (Wildman–Crippen MR) is 91.7 cm³/mol. The predicted octanol–water partition coefficient (Wildman–Crippen LogP) is 4.47. The van der Waals surface area contributed by atoms with Gasteiger partial charge in [-0.05, 0) is 34.1 Å². The molecule has 0 fully saturated rings. The number of nitro groups is 1. The SMILES string of the molecule is O=[N+]([O-])c1ccccc1N=Cc1nc(-c2ccccc2Br)oc1O. The molecule has 0 aliphatic rings. The topological polar surface area (TPSA) is 102 Å². The first kappa shape index (κ1) is 15.9. The Labute approximate surface area is 144 Å². The quantitative estimate of drug-likeness (QED) is 0.404. The third-order valence-electron chi connectivity index (χ3n) is 3.14. The Bertz CT molecular complexity index is 937. The van der Waals surface area contributed by atoms with Gasteiger partial charge in [0.1, 0.15) is 5.69 Å². The van der Waals surface area contributed by atoms with Crippen molar-refractivity contribution < 1.29 is 14.4 Å². The molecule has 0 unspecified atom stereocenters. The van der Waals surface area contributed by atoms with E-state index in [1.54, 1.807) is 18.2 Å². The van der Waals surface area contributed by atoms with Crippen molar-refractivity contribution >= 4 is 33.5 Å². The summed E-state index contributed by atoms with van der Waals surface area (Å²) in [6.07, 6.45) is 1.22. The summed E-state index contributed by atoms with van der Waals surface area (Å²) < 4.78 is 5.99. The van der Waals surface area contributed by atoms with E-state index >= 15 is 0 Å². The minimum absolute atomic E-state index is 0.0823. The number of para-hydroxylation sites is 2. The second-order valence-electron chi connectivity index (χ2n) is 4.69. The molecule has 3 aromatic rings. The molecule has 0 aliphatic heterocycles. The Morgan fingerprint density at radius 1 is 1.21 bits per heavy atom. The molecule has 24 heavy (non-hydrogen) atoms. The summed E-state index contributed by atoms with van der Waals surface area (Å²) in [4.78, 5) is 18.6. The summed E-state index contributed by atoms with van der Waals surface area (Å²) in [6, 6.07) is 13.3. The van der Waals surface area contributed by atoms with E-state index in [2.05, 4.69) is 25.9 Å². The lowest BCUT2D eigenvalue weighted by Gasteiger charge is -1.97. The van der Waals surface area contributed by atoms with Crippen molar-refractivity contribution in [1.82, 2.24) is 4.98 Å². The fourth-order valence-corrected chi connectivity index (χ4v) is 2.47. The van der Waals surface area contributed by atoms with Crippen molar-refractivity contribution in [2.24, 2.45) is 4.99 Å². The first-order valence-corrected chi connectivity index (χ1v) is 7.57. The van der Waals surface area contributed by atoms with Crippen molar-refractivity contribution in [3.8, 4) is 17.4 Å². The maximum Gasteiger partial charge on any atom is 0.312 e. The van der Waals surface area contributed by atoms with Gasteiger partial charge in [-0.15, -0.1) is 0 Å². The molecule has 120 valence electrons. The number of aliphatic imine (C=N–C) groups is 1. The zero-order valence-electron chi connectivity index (χ0n) is 12.1. The van der Waals surface area contributed by atoms with Crippen LogP contribution in [-0.4, -0.2) is 21.2 Å². The van der Waals surface area contributed by atoms with Gasteiger partial charge in [0.15, 0.2) is 5.69 Å². The van der Waals surface area contributed by atoms with Gasteiger partial charge >= 0.3 is 5.95 Å². The van der Waals surface area contributed by atoms with Crippen LogP contribution < -0.4 is 0 Å². The first-order valence-electron chi connectivity index (χ1n) is 6.78. The van der Waals surface area contributed by atoms with Gasteiger partial charge in [-0.3, -0.25) is 10.1 Å². The van der Waals surface area contributed by atoms with Gasteiger partial charge in [-0.2, -0.15) is 0 Å². The minimum atomic E-state index is -0.526. The molecule has 0 amide bonds. The van der Waals surface area contributed by atoms with Gasteiger partial charge in [-0.1, -0.05) is 24.3 Å². The molecule has 0 bridgehead atoms. The number of aromatic hydroxyl groups is 1. The lowest BCUT2D eigenvalue weighted by molar-refractivity contribution is -0.384. The van der Waals surface area contributed by atoms with Crippen LogP contribution in [0.5, 0.6) is 5.95 Å². The highest BCUT2D eigenvalue weighted by Gasteiger charge is 2.15. The molecule has 0 spiro atoms. The molecule has 0 aliphatic carbocycles. The van der Waals surface area contributed by atoms with E-state index in [0.29, 0.717) is 5.56 Å². The van der Waals surface area contributed by atoms with Gasteiger partial charge < -0.3 is 9.52 Å². The largest absolute Gasteiger partial charge is 0.479 e. The Morgan fingerprint density at radius 2 is 1.92 bits per heavy atom. The highest BCUT2D eigenvalue weighted by Crippen LogP contribution is 2.31. The lowest BCUT2D eigenvalue weighted by Crippen LogP contribution is -1.88.